The highest BCUT2D eigenvalue weighted by molar-refractivity contribution is 5.94. The number of halogens is 2. The summed E-state index contributed by atoms with van der Waals surface area (Å²) < 4.78 is 43.4. The second kappa shape index (κ2) is 17.0. The van der Waals surface area contributed by atoms with Gasteiger partial charge in [0.15, 0.2) is 23.1 Å². The van der Waals surface area contributed by atoms with Crippen LogP contribution in [0, 0.1) is 11.6 Å². The Labute approximate surface area is 288 Å². The van der Waals surface area contributed by atoms with Crippen LogP contribution in [0.5, 0.6) is 11.5 Å². The Kier molecular flexibility index (Phi) is 12.3. The summed E-state index contributed by atoms with van der Waals surface area (Å²) in [6.45, 7) is 4.57. The van der Waals surface area contributed by atoms with Crippen molar-refractivity contribution in [2.75, 3.05) is 13.2 Å². The molecule has 0 N–H and O–H groups in total. The molecule has 0 spiro atoms. The van der Waals surface area contributed by atoms with Gasteiger partial charge in [-0.3, -0.25) is 4.79 Å². The molecule has 6 rings (SSSR count). The molecule has 0 atom stereocenters. The first-order valence-corrected chi connectivity index (χ1v) is 17.2. The molecule has 0 unspecified atom stereocenters. The number of aryl methyl sites for hydroxylation is 5. The zero-order chi connectivity index (χ0) is 34.8. The Balaban J connectivity index is 0.000000191. The van der Waals surface area contributed by atoms with Crippen molar-refractivity contribution < 1.29 is 23.0 Å². The monoisotopic (exact) mass is 664 g/mol. The summed E-state index contributed by atoms with van der Waals surface area (Å²) in [6, 6.07) is 27.0. The third-order valence-corrected chi connectivity index (χ3v) is 8.78. The van der Waals surface area contributed by atoms with Crippen molar-refractivity contribution in [3.63, 3.8) is 0 Å². The van der Waals surface area contributed by atoms with Crippen LogP contribution in [0.25, 0.3) is 21.8 Å². The van der Waals surface area contributed by atoms with Gasteiger partial charge in [-0.2, -0.15) is 0 Å². The third kappa shape index (κ3) is 8.77. The largest absolute Gasteiger partial charge is 0.490 e. The highest BCUT2D eigenvalue weighted by Crippen LogP contribution is 2.35. The minimum atomic E-state index is -0.390. The van der Waals surface area contributed by atoms with Gasteiger partial charge in [-0.1, -0.05) is 60.7 Å². The van der Waals surface area contributed by atoms with E-state index >= 15 is 0 Å². The molecule has 0 amide bonds. The molecule has 49 heavy (non-hydrogen) atoms. The van der Waals surface area contributed by atoms with E-state index in [2.05, 4.69) is 35.0 Å². The summed E-state index contributed by atoms with van der Waals surface area (Å²) in [5.74, 6) is 0.114. The maximum absolute atomic E-state index is 14.2. The fourth-order valence-electron chi connectivity index (χ4n) is 6.45. The molecule has 0 aliphatic rings. The van der Waals surface area contributed by atoms with Crippen LogP contribution >= 0.6 is 0 Å². The topological polar surface area (TPSA) is 45.4 Å². The van der Waals surface area contributed by atoms with E-state index < -0.39 is 5.82 Å². The predicted molar refractivity (Wildman–Crippen MR) is 195 cm³/mol. The van der Waals surface area contributed by atoms with Crippen LogP contribution in [-0.4, -0.2) is 28.1 Å². The molecular formula is C42H46F2N2O3. The van der Waals surface area contributed by atoms with Crippen molar-refractivity contribution >= 4 is 27.6 Å². The molecule has 5 nitrogen and oxygen atoms in total. The minimum Gasteiger partial charge on any atom is -0.490 e. The molecule has 0 bridgehead atoms. The molecule has 6 aromatic rings. The van der Waals surface area contributed by atoms with Gasteiger partial charge in [-0.25, -0.2) is 8.78 Å². The lowest BCUT2D eigenvalue weighted by Gasteiger charge is -2.09. The number of ketones is 1. The fraction of sp³-hybridized carbons (Fsp3) is 0.310. The van der Waals surface area contributed by atoms with Crippen LogP contribution in [0.2, 0.25) is 0 Å². The van der Waals surface area contributed by atoms with Crippen LogP contribution in [0.4, 0.5) is 8.78 Å². The molecule has 0 saturated heterocycles. The molecule has 2 heterocycles. The average molecular weight is 665 g/mol. The van der Waals surface area contributed by atoms with E-state index in [0.29, 0.717) is 30.8 Å². The molecule has 0 fully saturated rings. The molecule has 0 saturated carbocycles. The van der Waals surface area contributed by atoms with Crippen LogP contribution in [0.1, 0.15) is 55.4 Å². The predicted octanol–water partition coefficient (Wildman–Crippen LogP) is 9.74. The van der Waals surface area contributed by atoms with Gasteiger partial charge < -0.3 is 18.6 Å². The number of ether oxygens (including phenoxy) is 2. The number of fused-ring (bicyclic) bond motifs is 2. The maximum atomic E-state index is 14.2. The fourth-order valence-corrected chi connectivity index (χ4v) is 6.45. The summed E-state index contributed by atoms with van der Waals surface area (Å²) in [4.78, 5) is 12.4. The molecule has 7 heteroatoms. The Hall–Kier alpha value is -4.91. The molecule has 0 radical (unpaired) electrons. The maximum Gasteiger partial charge on any atom is 0.165 e. The molecule has 4 aromatic carbocycles. The summed E-state index contributed by atoms with van der Waals surface area (Å²) in [5, 5.41) is 1.64. The second-order valence-corrected chi connectivity index (χ2v) is 12.3. The van der Waals surface area contributed by atoms with Crippen molar-refractivity contribution in [3.05, 3.63) is 131 Å². The number of hydrogen-bond acceptors (Lipinski definition) is 3. The third-order valence-electron chi connectivity index (χ3n) is 8.78. The van der Waals surface area contributed by atoms with Crippen molar-refractivity contribution in [2.45, 2.75) is 58.8 Å². The first kappa shape index (κ1) is 35.4. The van der Waals surface area contributed by atoms with Crippen LogP contribution in [-0.2, 0) is 44.6 Å². The van der Waals surface area contributed by atoms with E-state index in [9.17, 15) is 13.6 Å². The minimum absolute atomic E-state index is 0.142. The first-order chi connectivity index (χ1) is 23.8. The Bertz CT molecular complexity index is 1980. The smallest absolute Gasteiger partial charge is 0.165 e. The Morgan fingerprint density at radius 3 is 1.61 bits per heavy atom. The molecule has 2 aromatic heterocycles. The van der Waals surface area contributed by atoms with Gasteiger partial charge in [0.1, 0.15) is 5.78 Å². The van der Waals surface area contributed by atoms with Gasteiger partial charge in [-0.15, -0.1) is 0 Å². The lowest BCUT2D eigenvalue weighted by atomic mass is 10.0. The summed E-state index contributed by atoms with van der Waals surface area (Å²) >= 11 is 0. The van der Waals surface area contributed by atoms with Crippen molar-refractivity contribution in [1.29, 1.82) is 0 Å². The lowest BCUT2D eigenvalue weighted by molar-refractivity contribution is -0.118. The van der Waals surface area contributed by atoms with Crippen LogP contribution in [0.15, 0.2) is 97.3 Å². The van der Waals surface area contributed by atoms with E-state index in [0.717, 1.165) is 59.7 Å². The normalized spacial score (nSPS) is 11.1. The zero-order valence-electron chi connectivity index (χ0n) is 29.0. The molecular weight excluding hydrogens is 618 g/mol. The quantitative estimate of drug-likeness (QED) is 0.109. The van der Waals surface area contributed by atoms with Crippen molar-refractivity contribution in [2.24, 2.45) is 14.1 Å². The molecule has 0 aliphatic heterocycles. The molecule has 256 valence electrons. The highest BCUT2D eigenvalue weighted by atomic mass is 19.1. The van der Waals surface area contributed by atoms with Crippen LogP contribution in [0.3, 0.4) is 0 Å². The number of Topliss-reactive ketones (excluding diaryl/α,β-unsaturated/α-hetero) is 1. The number of carbonyl (C=O) groups excluding carboxylic acids is 1. The van der Waals surface area contributed by atoms with Gasteiger partial charge in [-0.05, 0) is 92.5 Å². The zero-order valence-corrected chi connectivity index (χ0v) is 29.0. The van der Waals surface area contributed by atoms with Crippen molar-refractivity contribution in [1.82, 2.24) is 9.13 Å². The number of unbranched alkanes of at least 4 members (excludes halogenated alkanes) is 1. The highest BCUT2D eigenvalue weighted by Gasteiger charge is 2.19. The van der Waals surface area contributed by atoms with E-state index in [4.69, 9.17) is 9.47 Å². The van der Waals surface area contributed by atoms with Gasteiger partial charge in [0.25, 0.3) is 0 Å². The second-order valence-electron chi connectivity index (χ2n) is 12.3. The number of aromatic nitrogens is 2. The van der Waals surface area contributed by atoms with Crippen molar-refractivity contribution in [3.8, 4) is 11.5 Å². The van der Waals surface area contributed by atoms with Gasteiger partial charge >= 0.3 is 0 Å². The summed E-state index contributed by atoms with van der Waals surface area (Å²) in [6.07, 6.45) is 9.70. The molecule has 0 aliphatic carbocycles. The average Bonchev–Trinajstić information content (AvgIpc) is 3.60. The Morgan fingerprint density at radius 1 is 0.612 bits per heavy atom. The van der Waals surface area contributed by atoms with Gasteiger partial charge in [0.2, 0.25) is 0 Å². The van der Waals surface area contributed by atoms with E-state index in [1.54, 1.807) is 6.07 Å². The van der Waals surface area contributed by atoms with E-state index in [1.807, 2.05) is 81.2 Å². The number of benzene rings is 4. The van der Waals surface area contributed by atoms with E-state index in [1.165, 1.54) is 23.3 Å². The number of rotatable bonds is 14. The number of hydrogen-bond donors (Lipinski definition) is 0. The first-order valence-electron chi connectivity index (χ1n) is 17.2. The number of nitrogens with zero attached hydrogens (tertiary/aromatic N) is 2. The van der Waals surface area contributed by atoms with Crippen LogP contribution < -0.4 is 9.47 Å². The Morgan fingerprint density at radius 2 is 1.08 bits per heavy atom. The lowest BCUT2D eigenvalue weighted by Crippen LogP contribution is -2.05. The van der Waals surface area contributed by atoms with Gasteiger partial charge in [0, 0.05) is 50.1 Å². The standard InChI is InChI=1S/C21H22FNO2.C21H24FNO/c1-3-25-21-18(22)11-12-19-20(21)16(14-23(19)2)13-17(24)10-9-15-7-5-4-6-8-15;1-3-24-21-18(22)13-14-19-20(21)17(15-23(19)2)12-8-7-11-16-9-5-4-6-10-16/h4-8,11-12,14H,3,9-10,13H2,1-2H3;4-6,9-10,13-15H,3,7-8,11-12H2,1-2H3. The summed E-state index contributed by atoms with van der Waals surface area (Å²) in [5.41, 5.74) is 6.40. The summed E-state index contributed by atoms with van der Waals surface area (Å²) in [7, 11) is 3.90. The van der Waals surface area contributed by atoms with E-state index in [-0.39, 0.29) is 23.8 Å². The number of carbonyl (C=O) groups is 1. The SMILES string of the molecule is CCOc1c(F)ccc2c1c(CC(=O)CCc1ccccc1)cn2C.CCOc1c(F)ccc2c1c(CCCCc1ccccc1)cn2C. The van der Waals surface area contributed by atoms with Gasteiger partial charge in [0.05, 0.1) is 24.2 Å².